The number of hydrogen-bond acceptors (Lipinski definition) is 4. The molecular formula is C15H18N2O2. The van der Waals surface area contributed by atoms with Gasteiger partial charge < -0.3 is 15.2 Å². The van der Waals surface area contributed by atoms with Gasteiger partial charge in [-0.2, -0.15) is 0 Å². The molecule has 0 amide bonds. The van der Waals surface area contributed by atoms with Gasteiger partial charge in [-0.15, -0.1) is 0 Å². The van der Waals surface area contributed by atoms with Crippen LogP contribution in [-0.4, -0.2) is 19.2 Å². The highest BCUT2D eigenvalue weighted by Crippen LogP contribution is 2.41. The fraction of sp³-hybridized carbons (Fsp3) is 0.400. The summed E-state index contributed by atoms with van der Waals surface area (Å²) in [5.41, 5.74) is 9.07. The van der Waals surface area contributed by atoms with Crippen molar-refractivity contribution in [2.24, 2.45) is 5.73 Å². The first-order valence-electron chi connectivity index (χ1n) is 6.52. The van der Waals surface area contributed by atoms with E-state index in [4.69, 9.17) is 20.2 Å². The summed E-state index contributed by atoms with van der Waals surface area (Å²) in [6.45, 7) is 0.508. The van der Waals surface area contributed by atoms with Crippen LogP contribution in [0.15, 0.2) is 18.2 Å². The number of rotatable bonds is 4. The predicted molar refractivity (Wildman–Crippen MR) is 74.7 cm³/mol. The topological polar surface area (TPSA) is 57.4 Å². The highest BCUT2D eigenvalue weighted by Gasteiger charge is 2.26. The molecule has 1 aliphatic rings. The van der Waals surface area contributed by atoms with Crippen molar-refractivity contribution in [3.8, 4) is 11.5 Å². The van der Waals surface area contributed by atoms with Crippen LogP contribution in [-0.2, 0) is 6.54 Å². The van der Waals surface area contributed by atoms with Crippen LogP contribution in [0.5, 0.6) is 11.5 Å². The van der Waals surface area contributed by atoms with E-state index < -0.39 is 0 Å². The lowest BCUT2D eigenvalue weighted by Crippen LogP contribution is -2.02. The number of hydrogen-bond donors (Lipinski definition) is 1. The SMILES string of the molecule is COc1cc2nc(C3CC3)cc(CN)c2cc1OC. The Balaban J connectivity index is 2.23. The lowest BCUT2D eigenvalue weighted by molar-refractivity contribution is 0.355. The Morgan fingerprint density at radius 1 is 1.16 bits per heavy atom. The van der Waals surface area contributed by atoms with Gasteiger partial charge in [0.2, 0.25) is 0 Å². The molecule has 4 nitrogen and oxygen atoms in total. The van der Waals surface area contributed by atoms with Crippen molar-refractivity contribution in [3.05, 3.63) is 29.5 Å². The largest absolute Gasteiger partial charge is 0.493 e. The van der Waals surface area contributed by atoms with Crippen molar-refractivity contribution in [1.82, 2.24) is 4.98 Å². The maximum atomic E-state index is 5.87. The van der Waals surface area contributed by atoms with E-state index in [1.54, 1.807) is 14.2 Å². The average molecular weight is 258 g/mol. The van der Waals surface area contributed by atoms with Crippen LogP contribution in [0.3, 0.4) is 0 Å². The summed E-state index contributed by atoms with van der Waals surface area (Å²) in [4.78, 5) is 4.74. The molecule has 2 N–H and O–H groups in total. The average Bonchev–Trinajstić information content (AvgIpc) is 3.29. The van der Waals surface area contributed by atoms with Crippen LogP contribution >= 0.6 is 0 Å². The molecule has 19 heavy (non-hydrogen) atoms. The van der Waals surface area contributed by atoms with Crippen molar-refractivity contribution in [2.75, 3.05) is 14.2 Å². The van der Waals surface area contributed by atoms with Crippen LogP contribution in [0.4, 0.5) is 0 Å². The van der Waals surface area contributed by atoms with Crippen molar-refractivity contribution in [3.63, 3.8) is 0 Å². The molecule has 2 aromatic rings. The van der Waals surface area contributed by atoms with E-state index >= 15 is 0 Å². The summed E-state index contributed by atoms with van der Waals surface area (Å²) >= 11 is 0. The maximum absolute atomic E-state index is 5.87. The van der Waals surface area contributed by atoms with Crippen molar-refractivity contribution >= 4 is 10.9 Å². The Bertz CT molecular complexity index is 621. The lowest BCUT2D eigenvalue weighted by atomic mass is 10.1. The summed E-state index contributed by atoms with van der Waals surface area (Å²) in [5, 5.41) is 1.05. The van der Waals surface area contributed by atoms with Crippen LogP contribution in [0, 0.1) is 0 Å². The molecule has 100 valence electrons. The predicted octanol–water partition coefficient (Wildman–Crippen LogP) is 2.59. The normalized spacial score (nSPS) is 14.7. The second kappa shape index (κ2) is 4.70. The Morgan fingerprint density at radius 2 is 1.84 bits per heavy atom. The molecule has 1 aliphatic carbocycles. The molecule has 1 aromatic carbocycles. The first-order valence-corrected chi connectivity index (χ1v) is 6.52. The molecule has 0 radical (unpaired) electrons. The fourth-order valence-electron chi connectivity index (χ4n) is 2.40. The van der Waals surface area contributed by atoms with Gasteiger partial charge in [0, 0.05) is 29.6 Å². The van der Waals surface area contributed by atoms with Gasteiger partial charge in [-0.25, -0.2) is 0 Å². The first kappa shape index (κ1) is 12.2. The number of aromatic nitrogens is 1. The summed E-state index contributed by atoms with van der Waals surface area (Å²) in [5.74, 6) is 2.03. The van der Waals surface area contributed by atoms with Crippen LogP contribution in [0.25, 0.3) is 10.9 Å². The van der Waals surface area contributed by atoms with E-state index in [0.717, 1.165) is 22.2 Å². The van der Waals surface area contributed by atoms with E-state index in [1.807, 2.05) is 12.1 Å². The minimum absolute atomic E-state index is 0.508. The lowest BCUT2D eigenvalue weighted by Gasteiger charge is -2.12. The minimum Gasteiger partial charge on any atom is -0.493 e. The van der Waals surface area contributed by atoms with E-state index in [9.17, 15) is 0 Å². The molecule has 0 saturated heterocycles. The monoisotopic (exact) mass is 258 g/mol. The van der Waals surface area contributed by atoms with Gasteiger partial charge in [0.25, 0.3) is 0 Å². The molecule has 0 unspecified atom stereocenters. The second-order valence-electron chi connectivity index (χ2n) is 4.91. The number of methoxy groups -OCH3 is 2. The molecule has 1 heterocycles. The molecule has 0 bridgehead atoms. The molecule has 0 spiro atoms. The van der Waals surface area contributed by atoms with Gasteiger partial charge in [-0.1, -0.05) is 0 Å². The van der Waals surface area contributed by atoms with E-state index in [0.29, 0.717) is 24.0 Å². The van der Waals surface area contributed by atoms with E-state index in [1.165, 1.54) is 12.8 Å². The fourth-order valence-corrected chi connectivity index (χ4v) is 2.40. The van der Waals surface area contributed by atoms with Crippen molar-refractivity contribution < 1.29 is 9.47 Å². The number of nitrogens with zero attached hydrogens (tertiary/aromatic N) is 1. The summed E-state index contributed by atoms with van der Waals surface area (Å²) < 4.78 is 10.7. The van der Waals surface area contributed by atoms with Gasteiger partial charge in [0.05, 0.1) is 19.7 Å². The molecule has 1 saturated carbocycles. The van der Waals surface area contributed by atoms with E-state index in [-0.39, 0.29) is 0 Å². The third-order valence-corrected chi connectivity index (χ3v) is 3.64. The standard InChI is InChI=1S/C15H18N2O2/c1-18-14-6-11-10(8-16)5-12(9-3-4-9)17-13(11)7-15(14)19-2/h5-7,9H,3-4,8,16H2,1-2H3. The van der Waals surface area contributed by atoms with E-state index in [2.05, 4.69) is 6.07 Å². The van der Waals surface area contributed by atoms with Gasteiger partial charge in [-0.3, -0.25) is 4.98 Å². The number of fused-ring (bicyclic) bond motifs is 1. The van der Waals surface area contributed by atoms with Crippen LogP contribution in [0.2, 0.25) is 0 Å². The highest BCUT2D eigenvalue weighted by atomic mass is 16.5. The zero-order chi connectivity index (χ0) is 13.4. The van der Waals surface area contributed by atoms with Gasteiger partial charge in [-0.05, 0) is 30.5 Å². The molecular weight excluding hydrogens is 240 g/mol. The number of benzene rings is 1. The Hall–Kier alpha value is -1.81. The number of nitrogens with two attached hydrogens (primary N) is 1. The third kappa shape index (κ3) is 2.12. The molecule has 0 atom stereocenters. The zero-order valence-electron chi connectivity index (χ0n) is 11.3. The highest BCUT2D eigenvalue weighted by molar-refractivity contribution is 5.86. The Morgan fingerprint density at radius 3 is 2.42 bits per heavy atom. The van der Waals surface area contributed by atoms with Crippen molar-refractivity contribution in [2.45, 2.75) is 25.3 Å². The van der Waals surface area contributed by atoms with Gasteiger partial charge >= 0.3 is 0 Å². The molecule has 0 aliphatic heterocycles. The third-order valence-electron chi connectivity index (χ3n) is 3.64. The minimum atomic E-state index is 0.508. The van der Waals surface area contributed by atoms with Gasteiger partial charge in [0.1, 0.15) is 0 Å². The van der Waals surface area contributed by atoms with Crippen LogP contribution in [0.1, 0.15) is 30.0 Å². The zero-order valence-corrected chi connectivity index (χ0v) is 11.3. The molecule has 1 aromatic heterocycles. The van der Waals surface area contributed by atoms with Crippen LogP contribution < -0.4 is 15.2 Å². The smallest absolute Gasteiger partial charge is 0.162 e. The van der Waals surface area contributed by atoms with Gasteiger partial charge in [0.15, 0.2) is 11.5 Å². The molecule has 1 fully saturated rings. The summed E-state index contributed by atoms with van der Waals surface area (Å²) in [6, 6.07) is 6.02. The Labute approximate surface area is 112 Å². The number of ether oxygens (including phenoxy) is 2. The first-order chi connectivity index (χ1) is 9.26. The quantitative estimate of drug-likeness (QED) is 0.915. The number of pyridine rings is 1. The maximum Gasteiger partial charge on any atom is 0.162 e. The van der Waals surface area contributed by atoms with Crippen molar-refractivity contribution in [1.29, 1.82) is 0 Å². The molecule has 3 rings (SSSR count). The summed E-state index contributed by atoms with van der Waals surface area (Å²) in [7, 11) is 3.27. The Kier molecular flexibility index (Phi) is 3.03. The molecule has 4 heteroatoms. The second-order valence-corrected chi connectivity index (χ2v) is 4.91. The summed E-state index contributed by atoms with van der Waals surface area (Å²) in [6.07, 6.45) is 2.46.